The highest BCUT2D eigenvalue weighted by molar-refractivity contribution is 5.81. The monoisotopic (exact) mass is 129 g/mol. The standard InChI is InChI=1S/C6H8O2.H3N/c1-3-5-8-6(7)4-2;/h3-4H,1-2,5H2;1H3. The van der Waals surface area contributed by atoms with Gasteiger partial charge < -0.3 is 10.9 Å². The highest BCUT2D eigenvalue weighted by atomic mass is 16.5. The van der Waals surface area contributed by atoms with Crippen molar-refractivity contribution in [2.75, 3.05) is 6.61 Å². The maximum atomic E-state index is 10.2. The average Bonchev–Trinajstić information content (AvgIpc) is 1.83. The van der Waals surface area contributed by atoms with Gasteiger partial charge in [0.05, 0.1) is 0 Å². The van der Waals surface area contributed by atoms with Crippen LogP contribution < -0.4 is 6.15 Å². The Morgan fingerprint density at radius 1 is 1.56 bits per heavy atom. The fourth-order valence-electron chi connectivity index (χ4n) is 0.200. The van der Waals surface area contributed by atoms with E-state index >= 15 is 0 Å². The van der Waals surface area contributed by atoms with Crippen LogP contribution in [0.15, 0.2) is 25.3 Å². The first kappa shape index (κ1) is 10.8. The summed E-state index contributed by atoms with van der Waals surface area (Å²) in [6, 6.07) is 0. The van der Waals surface area contributed by atoms with Crippen LogP contribution in [0, 0.1) is 0 Å². The van der Waals surface area contributed by atoms with E-state index in [1.54, 1.807) is 0 Å². The molecule has 0 unspecified atom stereocenters. The minimum atomic E-state index is -0.412. The molecule has 0 atom stereocenters. The maximum absolute atomic E-state index is 10.2. The zero-order valence-corrected chi connectivity index (χ0v) is 5.30. The molecule has 0 amide bonds. The molecular weight excluding hydrogens is 118 g/mol. The first-order valence-corrected chi connectivity index (χ1v) is 2.21. The van der Waals surface area contributed by atoms with Gasteiger partial charge in [0.2, 0.25) is 0 Å². The van der Waals surface area contributed by atoms with Gasteiger partial charge in [0.1, 0.15) is 6.61 Å². The lowest BCUT2D eigenvalue weighted by Gasteiger charge is -1.92. The molecule has 0 fully saturated rings. The van der Waals surface area contributed by atoms with E-state index in [1.165, 1.54) is 6.08 Å². The SMILES string of the molecule is C=CCOC(=O)C=C.N. The van der Waals surface area contributed by atoms with E-state index in [0.29, 0.717) is 0 Å². The Kier molecular flexibility index (Phi) is 8.30. The van der Waals surface area contributed by atoms with Gasteiger partial charge in [-0.2, -0.15) is 0 Å². The van der Waals surface area contributed by atoms with Crippen molar-refractivity contribution in [3.63, 3.8) is 0 Å². The summed E-state index contributed by atoms with van der Waals surface area (Å²) in [5, 5.41) is 0. The Morgan fingerprint density at radius 2 is 2.11 bits per heavy atom. The van der Waals surface area contributed by atoms with E-state index in [9.17, 15) is 4.79 Å². The van der Waals surface area contributed by atoms with E-state index in [4.69, 9.17) is 0 Å². The van der Waals surface area contributed by atoms with Gasteiger partial charge in [-0.05, 0) is 0 Å². The first-order chi connectivity index (χ1) is 3.81. The van der Waals surface area contributed by atoms with Crippen LogP contribution in [0.2, 0.25) is 0 Å². The third-order valence-corrected chi connectivity index (χ3v) is 0.510. The van der Waals surface area contributed by atoms with Gasteiger partial charge in [0.15, 0.2) is 0 Å². The van der Waals surface area contributed by atoms with Crippen molar-refractivity contribution in [1.29, 1.82) is 0 Å². The summed E-state index contributed by atoms with van der Waals surface area (Å²) in [6.45, 7) is 6.81. The summed E-state index contributed by atoms with van der Waals surface area (Å²) in [4.78, 5) is 10.2. The van der Waals surface area contributed by atoms with E-state index < -0.39 is 5.97 Å². The Morgan fingerprint density at radius 3 is 2.44 bits per heavy atom. The Bertz CT molecular complexity index is 110. The molecule has 0 aromatic carbocycles. The molecule has 0 heterocycles. The van der Waals surface area contributed by atoms with Crippen LogP contribution in [0.3, 0.4) is 0 Å². The predicted octanol–water partition coefficient (Wildman–Crippen LogP) is 1.06. The number of carbonyl (C=O) groups excluding carboxylic acids is 1. The van der Waals surface area contributed by atoms with Crippen molar-refractivity contribution >= 4 is 5.97 Å². The second-order valence-corrected chi connectivity index (χ2v) is 1.12. The lowest BCUT2D eigenvalue weighted by Crippen LogP contribution is -1.98. The van der Waals surface area contributed by atoms with Gasteiger partial charge in [0, 0.05) is 6.08 Å². The molecule has 0 aromatic rings. The average molecular weight is 129 g/mol. The molecule has 52 valence electrons. The lowest BCUT2D eigenvalue weighted by molar-refractivity contribution is -0.136. The largest absolute Gasteiger partial charge is 0.458 e. The number of rotatable bonds is 3. The molecule has 0 aliphatic rings. The smallest absolute Gasteiger partial charge is 0.330 e. The highest BCUT2D eigenvalue weighted by Gasteiger charge is 1.87. The summed E-state index contributed by atoms with van der Waals surface area (Å²) >= 11 is 0. The molecular formula is C6H11NO2. The minimum absolute atomic E-state index is 0. The molecule has 0 spiro atoms. The zero-order chi connectivity index (χ0) is 6.41. The van der Waals surface area contributed by atoms with Gasteiger partial charge in [-0.25, -0.2) is 4.79 Å². The molecule has 0 aliphatic carbocycles. The molecule has 3 N–H and O–H groups in total. The second-order valence-electron chi connectivity index (χ2n) is 1.12. The van der Waals surface area contributed by atoms with E-state index in [2.05, 4.69) is 17.9 Å². The Labute approximate surface area is 54.6 Å². The fraction of sp³-hybridized carbons (Fsp3) is 0.167. The van der Waals surface area contributed by atoms with Crippen molar-refractivity contribution in [2.24, 2.45) is 0 Å². The first-order valence-electron chi connectivity index (χ1n) is 2.21. The quantitative estimate of drug-likeness (QED) is 0.352. The van der Waals surface area contributed by atoms with Crippen LogP contribution in [-0.2, 0) is 9.53 Å². The van der Waals surface area contributed by atoms with Gasteiger partial charge in [0.25, 0.3) is 0 Å². The van der Waals surface area contributed by atoms with Crippen LogP contribution in [0.4, 0.5) is 0 Å². The number of hydrogen-bond acceptors (Lipinski definition) is 3. The van der Waals surface area contributed by atoms with Crippen LogP contribution >= 0.6 is 0 Å². The number of ether oxygens (including phenoxy) is 1. The van der Waals surface area contributed by atoms with Crippen molar-refractivity contribution in [1.82, 2.24) is 6.15 Å². The molecule has 0 saturated heterocycles. The van der Waals surface area contributed by atoms with Crippen LogP contribution in [-0.4, -0.2) is 12.6 Å². The van der Waals surface area contributed by atoms with Crippen molar-refractivity contribution in [2.45, 2.75) is 0 Å². The summed E-state index contributed by atoms with van der Waals surface area (Å²) in [6.07, 6.45) is 2.62. The predicted molar refractivity (Wildman–Crippen MR) is 36.4 cm³/mol. The summed E-state index contributed by atoms with van der Waals surface area (Å²) in [5.74, 6) is -0.412. The Balaban J connectivity index is 0. The minimum Gasteiger partial charge on any atom is -0.458 e. The van der Waals surface area contributed by atoms with Crippen molar-refractivity contribution in [3.05, 3.63) is 25.3 Å². The fourth-order valence-corrected chi connectivity index (χ4v) is 0.200. The van der Waals surface area contributed by atoms with Crippen molar-refractivity contribution in [3.8, 4) is 0 Å². The second kappa shape index (κ2) is 6.91. The van der Waals surface area contributed by atoms with E-state index in [1.807, 2.05) is 0 Å². The number of carbonyl (C=O) groups is 1. The van der Waals surface area contributed by atoms with Gasteiger partial charge in [-0.15, -0.1) is 0 Å². The molecule has 0 bridgehead atoms. The molecule has 0 radical (unpaired) electrons. The van der Waals surface area contributed by atoms with Crippen LogP contribution in [0.1, 0.15) is 0 Å². The molecule has 0 aromatic heterocycles. The third-order valence-electron chi connectivity index (χ3n) is 0.510. The molecule has 0 aliphatic heterocycles. The molecule has 3 nitrogen and oxygen atoms in total. The van der Waals surface area contributed by atoms with Gasteiger partial charge in [-0.1, -0.05) is 19.2 Å². The normalized spacial score (nSPS) is 6.67. The summed E-state index contributed by atoms with van der Waals surface area (Å²) in [7, 11) is 0. The maximum Gasteiger partial charge on any atom is 0.330 e. The Hall–Kier alpha value is -1.09. The van der Waals surface area contributed by atoms with Crippen molar-refractivity contribution < 1.29 is 9.53 Å². The van der Waals surface area contributed by atoms with Crippen LogP contribution in [0.25, 0.3) is 0 Å². The molecule has 0 rings (SSSR count). The number of esters is 1. The molecule has 3 heteroatoms. The molecule has 9 heavy (non-hydrogen) atoms. The zero-order valence-electron chi connectivity index (χ0n) is 5.30. The lowest BCUT2D eigenvalue weighted by atomic mass is 10.6. The summed E-state index contributed by atoms with van der Waals surface area (Å²) < 4.78 is 4.47. The van der Waals surface area contributed by atoms with Crippen LogP contribution in [0.5, 0.6) is 0 Å². The summed E-state index contributed by atoms with van der Waals surface area (Å²) in [5.41, 5.74) is 0. The third kappa shape index (κ3) is 6.91. The number of hydrogen-bond donors (Lipinski definition) is 1. The van der Waals surface area contributed by atoms with Gasteiger partial charge in [-0.3, -0.25) is 0 Å². The topological polar surface area (TPSA) is 61.3 Å². The van der Waals surface area contributed by atoms with E-state index in [0.717, 1.165) is 6.08 Å². The van der Waals surface area contributed by atoms with Gasteiger partial charge >= 0.3 is 5.97 Å². The van der Waals surface area contributed by atoms with E-state index in [-0.39, 0.29) is 12.8 Å². The molecule has 0 saturated carbocycles. The highest BCUT2D eigenvalue weighted by Crippen LogP contribution is 1.77.